The summed E-state index contributed by atoms with van der Waals surface area (Å²) in [6.45, 7) is 1.56. The highest BCUT2D eigenvalue weighted by Gasteiger charge is 2.35. The van der Waals surface area contributed by atoms with Gasteiger partial charge in [0.25, 0.3) is 5.56 Å². The quantitative estimate of drug-likeness (QED) is 0.500. The maximum absolute atomic E-state index is 11.8. The fraction of sp³-hybridized carbons (Fsp3) is 0.600. The molecule has 1 aliphatic rings. The van der Waals surface area contributed by atoms with E-state index < -0.39 is 29.6 Å². The summed E-state index contributed by atoms with van der Waals surface area (Å²) in [6, 6.07) is -0.551. The van der Waals surface area contributed by atoms with Gasteiger partial charge in [-0.05, 0) is 18.0 Å². The minimum Gasteiger partial charge on any atom is -0.354 e. The van der Waals surface area contributed by atoms with Crippen LogP contribution in [-0.2, 0) is 4.74 Å². The van der Waals surface area contributed by atoms with E-state index in [2.05, 4.69) is 25.0 Å². The van der Waals surface area contributed by atoms with Crippen molar-refractivity contribution in [2.75, 3.05) is 6.54 Å². The lowest BCUT2D eigenvalue weighted by molar-refractivity contribution is 0.00164. The largest absolute Gasteiger partial charge is 0.354 e. The average molecular weight is 292 g/mol. The van der Waals surface area contributed by atoms with Crippen molar-refractivity contribution in [3.63, 3.8) is 0 Å². The van der Waals surface area contributed by atoms with E-state index in [0.29, 0.717) is 5.56 Å². The lowest BCUT2D eigenvalue weighted by atomic mass is 10.1. The Morgan fingerprint density at radius 2 is 2.24 bits per heavy atom. The van der Waals surface area contributed by atoms with E-state index in [4.69, 9.17) is 15.8 Å². The number of rotatable bonds is 4. The van der Waals surface area contributed by atoms with Gasteiger partial charge in [0.1, 0.15) is 6.23 Å². The van der Waals surface area contributed by atoms with Crippen LogP contribution < -0.4 is 11.2 Å². The van der Waals surface area contributed by atoms with E-state index in [1.165, 1.54) is 10.8 Å². The summed E-state index contributed by atoms with van der Waals surface area (Å²) in [4.78, 5) is 30.7. The first kappa shape index (κ1) is 14.7. The lowest BCUT2D eigenvalue weighted by Crippen LogP contribution is -2.33. The van der Waals surface area contributed by atoms with Gasteiger partial charge in [-0.3, -0.25) is 14.3 Å². The van der Waals surface area contributed by atoms with Crippen molar-refractivity contribution in [1.82, 2.24) is 9.55 Å². The Hall–Kier alpha value is -2.74. The van der Waals surface area contributed by atoms with Gasteiger partial charge in [-0.15, -0.1) is 0 Å². The first-order valence-electron chi connectivity index (χ1n) is 6.09. The molecule has 1 aliphatic heterocycles. The third kappa shape index (κ3) is 3.06. The summed E-state index contributed by atoms with van der Waals surface area (Å²) in [7, 11) is 0. The number of ether oxygens (including phenoxy) is 1. The monoisotopic (exact) mass is 292 g/mol. The molecule has 1 aromatic heterocycles. The molecule has 0 radical (unpaired) electrons. The zero-order valence-corrected chi connectivity index (χ0v) is 11.1. The Balaban J connectivity index is 2.32. The topological polar surface area (TPSA) is 162 Å². The molecule has 2 rings (SSSR count). The van der Waals surface area contributed by atoms with Gasteiger partial charge in [0.15, 0.2) is 0 Å². The number of hydrogen-bond donors (Lipinski definition) is 1. The Morgan fingerprint density at radius 3 is 2.90 bits per heavy atom. The summed E-state index contributed by atoms with van der Waals surface area (Å²) in [5.74, 6) is 0. The molecule has 110 valence electrons. The summed E-state index contributed by atoms with van der Waals surface area (Å²) in [5, 5.41) is 6.98. The van der Waals surface area contributed by atoms with Crippen molar-refractivity contribution < 1.29 is 4.74 Å². The van der Waals surface area contributed by atoms with Gasteiger partial charge in [0.2, 0.25) is 0 Å². The summed E-state index contributed by atoms with van der Waals surface area (Å²) >= 11 is 0. The smallest absolute Gasteiger partial charge is 0.330 e. The fourth-order valence-corrected chi connectivity index (χ4v) is 2.16. The lowest BCUT2D eigenvalue weighted by Gasteiger charge is -2.15. The van der Waals surface area contributed by atoms with Crippen molar-refractivity contribution in [2.45, 2.75) is 31.7 Å². The maximum atomic E-state index is 11.8. The van der Waals surface area contributed by atoms with E-state index >= 15 is 0 Å². The van der Waals surface area contributed by atoms with E-state index in [1.54, 1.807) is 6.92 Å². The number of H-pyrrole nitrogens is 1. The first-order chi connectivity index (χ1) is 10.1. The fourth-order valence-electron chi connectivity index (χ4n) is 2.16. The van der Waals surface area contributed by atoms with E-state index in [0.717, 1.165) is 0 Å². The van der Waals surface area contributed by atoms with Gasteiger partial charge in [0, 0.05) is 28.0 Å². The number of nitrogens with zero attached hydrogens (tertiary/aromatic N) is 7. The highest BCUT2D eigenvalue weighted by Crippen LogP contribution is 2.30. The van der Waals surface area contributed by atoms with Crippen LogP contribution in [0.3, 0.4) is 0 Å². The van der Waals surface area contributed by atoms with E-state index in [1.807, 2.05) is 0 Å². The average Bonchev–Trinajstić information content (AvgIpc) is 2.84. The van der Waals surface area contributed by atoms with Crippen LogP contribution in [0, 0.1) is 6.92 Å². The number of hydrogen-bond acceptors (Lipinski definition) is 5. The molecule has 3 unspecified atom stereocenters. The van der Waals surface area contributed by atoms with Crippen LogP contribution in [0.4, 0.5) is 0 Å². The number of aromatic amines is 1. The molecule has 1 fully saturated rings. The van der Waals surface area contributed by atoms with Crippen LogP contribution in [-0.4, -0.2) is 28.2 Å². The minimum atomic E-state index is -0.692. The second-order valence-electron chi connectivity index (χ2n) is 4.53. The molecule has 2 heterocycles. The minimum absolute atomic E-state index is 0.00618. The van der Waals surface area contributed by atoms with Gasteiger partial charge in [-0.25, -0.2) is 4.79 Å². The maximum Gasteiger partial charge on any atom is 0.330 e. The van der Waals surface area contributed by atoms with Crippen LogP contribution >= 0.6 is 0 Å². The van der Waals surface area contributed by atoms with Crippen LogP contribution in [0.25, 0.3) is 20.9 Å². The molecule has 11 nitrogen and oxygen atoms in total. The molecule has 3 atom stereocenters. The second kappa shape index (κ2) is 6.14. The molecule has 1 N–H and O–H groups in total. The van der Waals surface area contributed by atoms with Gasteiger partial charge in [0.05, 0.1) is 18.7 Å². The molecule has 0 aromatic carbocycles. The summed E-state index contributed by atoms with van der Waals surface area (Å²) in [5.41, 5.74) is 16.2. The highest BCUT2D eigenvalue weighted by molar-refractivity contribution is 5.02. The standard InChI is InChI=1S/C10H12N8O3/c1-5-4-18(10(20)14-9(5)19)8-2-6(15-17-12)7(21-8)3-13-16-11/h4,6-8H,2-3H2,1H3,(H,14,19,20). The van der Waals surface area contributed by atoms with Crippen LogP contribution in [0.2, 0.25) is 0 Å². The second-order valence-corrected chi connectivity index (χ2v) is 4.53. The summed E-state index contributed by atoms with van der Waals surface area (Å²) < 4.78 is 6.83. The van der Waals surface area contributed by atoms with Crippen LogP contribution in [0.5, 0.6) is 0 Å². The Labute approximate surface area is 117 Å². The molecule has 11 heteroatoms. The number of nitrogens with one attached hydrogen (secondary N) is 1. The van der Waals surface area contributed by atoms with Crippen molar-refractivity contribution in [2.24, 2.45) is 10.2 Å². The Bertz CT molecular complexity index is 739. The SMILES string of the molecule is Cc1cn(C2CC(N=[N+]=[N-])C(CN=[N+]=[N-])O2)c(=O)[nH]c1=O. The zero-order valence-electron chi connectivity index (χ0n) is 11.1. The molecule has 0 saturated carbocycles. The molecule has 0 amide bonds. The third-order valence-electron chi connectivity index (χ3n) is 3.19. The number of azide groups is 2. The molecule has 1 saturated heterocycles. The Kier molecular flexibility index (Phi) is 4.29. The van der Waals surface area contributed by atoms with Crippen LogP contribution in [0.15, 0.2) is 26.0 Å². The van der Waals surface area contributed by atoms with Crippen molar-refractivity contribution in [1.29, 1.82) is 0 Å². The predicted molar refractivity (Wildman–Crippen MR) is 71.5 cm³/mol. The molecular formula is C10H12N8O3. The molecule has 0 aliphatic carbocycles. The van der Waals surface area contributed by atoms with Crippen molar-refractivity contribution in [3.05, 3.63) is 53.5 Å². The van der Waals surface area contributed by atoms with E-state index in [-0.39, 0.29) is 13.0 Å². The van der Waals surface area contributed by atoms with Crippen molar-refractivity contribution >= 4 is 0 Å². The number of aryl methyl sites for hydroxylation is 1. The molecular weight excluding hydrogens is 280 g/mol. The van der Waals surface area contributed by atoms with Gasteiger partial charge >= 0.3 is 5.69 Å². The highest BCUT2D eigenvalue weighted by atomic mass is 16.5. The Morgan fingerprint density at radius 1 is 1.48 bits per heavy atom. The zero-order chi connectivity index (χ0) is 15.4. The molecule has 21 heavy (non-hydrogen) atoms. The molecule has 0 bridgehead atoms. The third-order valence-corrected chi connectivity index (χ3v) is 3.19. The molecule has 1 aromatic rings. The summed E-state index contributed by atoms with van der Waals surface area (Å²) in [6.07, 6.45) is 0.332. The van der Waals surface area contributed by atoms with Gasteiger partial charge in [-0.2, -0.15) is 0 Å². The first-order valence-corrected chi connectivity index (χ1v) is 6.09. The normalized spacial score (nSPS) is 24.1. The number of aromatic nitrogens is 2. The predicted octanol–water partition coefficient (Wildman–Crippen LogP) is 1.12. The van der Waals surface area contributed by atoms with Gasteiger partial charge in [-0.1, -0.05) is 10.2 Å². The van der Waals surface area contributed by atoms with Gasteiger partial charge < -0.3 is 4.74 Å². The van der Waals surface area contributed by atoms with Crippen molar-refractivity contribution in [3.8, 4) is 0 Å². The van der Waals surface area contributed by atoms with Crippen LogP contribution in [0.1, 0.15) is 18.2 Å². The van der Waals surface area contributed by atoms with E-state index in [9.17, 15) is 9.59 Å². The molecule has 0 spiro atoms.